The van der Waals surface area contributed by atoms with E-state index in [0.29, 0.717) is 5.54 Å². The van der Waals surface area contributed by atoms with E-state index in [4.69, 9.17) is 0 Å². The van der Waals surface area contributed by atoms with E-state index in [1.165, 1.54) is 25.7 Å². The molecule has 1 N–H and O–H groups in total. The fraction of sp³-hybridized carbons (Fsp3) is 0.714. The van der Waals surface area contributed by atoms with Crippen LogP contribution >= 0.6 is 0 Å². The van der Waals surface area contributed by atoms with E-state index in [2.05, 4.69) is 34.3 Å². The average Bonchev–Trinajstić information content (AvgIpc) is 2.79. The predicted molar refractivity (Wildman–Crippen MR) is 73.4 cm³/mol. The summed E-state index contributed by atoms with van der Waals surface area (Å²) in [5.41, 5.74) is 1.43. The van der Waals surface area contributed by atoms with Crippen molar-refractivity contribution in [3.63, 3.8) is 0 Å². The Hall–Kier alpha value is -1.00. The van der Waals surface area contributed by atoms with Gasteiger partial charge in [0.15, 0.2) is 0 Å². The second kappa shape index (κ2) is 5.76. The first-order valence-corrected chi connectivity index (χ1v) is 6.79. The minimum atomic E-state index is 0.349. The van der Waals surface area contributed by atoms with Gasteiger partial charge in [0.05, 0.1) is 5.69 Å². The van der Waals surface area contributed by atoms with E-state index in [9.17, 15) is 0 Å². The van der Waals surface area contributed by atoms with Gasteiger partial charge in [-0.2, -0.15) is 0 Å². The zero-order valence-corrected chi connectivity index (χ0v) is 11.7. The van der Waals surface area contributed by atoms with Gasteiger partial charge in [-0.25, -0.2) is 9.97 Å². The molecular weight excluding hydrogens is 224 g/mol. The summed E-state index contributed by atoms with van der Waals surface area (Å²) in [5, 5.41) is 3.56. The Labute approximate surface area is 110 Å². The van der Waals surface area contributed by atoms with Crippen LogP contribution in [0.4, 0.5) is 0 Å². The van der Waals surface area contributed by atoms with Crippen molar-refractivity contribution in [2.24, 2.45) is 0 Å². The van der Waals surface area contributed by atoms with E-state index in [0.717, 1.165) is 24.6 Å². The number of aromatic nitrogens is 2. The van der Waals surface area contributed by atoms with Crippen molar-refractivity contribution in [1.29, 1.82) is 0 Å². The van der Waals surface area contributed by atoms with Crippen LogP contribution < -0.4 is 5.32 Å². The highest BCUT2D eigenvalue weighted by Crippen LogP contribution is 2.33. The highest BCUT2D eigenvalue weighted by molar-refractivity contribution is 5.02. The second-order valence-electron chi connectivity index (χ2n) is 5.52. The van der Waals surface area contributed by atoms with Crippen LogP contribution in [0.3, 0.4) is 0 Å². The van der Waals surface area contributed by atoms with Crippen molar-refractivity contribution in [3.05, 3.63) is 23.8 Å². The SMILES string of the molecule is Cc1nccc(CNCC2(N(C)C)CCCC2)n1. The van der Waals surface area contributed by atoms with Crippen LogP contribution in [-0.2, 0) is 6.54 Å². The number of likely N-dealkylation sites (N-methyl/N-ethyl adjacent to an activating group) is 1. The van der Waals surface area contributed by atoms with Crippen LogP contribution in [-0.4, -0.2) is 41.0 Å². The number of nitrogens with one attached hydrogen (secondary N) is 1. The number of hydrogen-bond donors (Lipinski definition) is 1. The zero-order valence-electron chi connectivity index (χ0n) is 11.7. The third-order valence-electron chi connectivity index (χ3n) is 4.08. The summed E-state index contributed by atoms with van der Waals surface area (Å²) in [6.45, 7) is 3.81. The fourth-order valence-electron chi connectivity index (χ4n) is 2.84. The third kappa shape index (κ3) is 3.06. The molecule has 4 nitrogen and oxygen atoms in total. The van der Waals surface area contributed by atoms with Gasteiger partial charge in [-0.15, -0.1) is 0 Å². The molecular formula is C14H24N4. The van der Waals surface area contributed by atoms with E-state index in [-0.39, 0.29) is 0 Å². The molecule has 2 rings (SSSR count). The molecule has 18 heavy (non-hydrogen) atoms. The highest BCUT2D eigenvalue weighted by atomic mass is 15.2. The molecule has 0 aromatic carbocycles. The number of hydrogen-bond acceptors (Lipinski definition) is 4. The Bertz CT molecular complexity index is 383. The largest absolute Gasteiger partial charge is 0.309 e. The molecule has 100 valence electrons. The van der Waals surface area contributed by atoms with Crippen LogP contribution in [0.25, 0.3) is 0 Å². The third-order valence-corrected chi connectivity index (χ3v) is 4.08. The second-order valence-corrected chi connectivity index (χ2v) is 5.52. The summed E-state index contributed by atoms with van der Waals surface area (Å²) in [6.07, 6.45) is 7.14. The first kappa shape index (κ1) is 13.4. The topological polar surface area (TPSA) is 41.1 Å². The number of nitrogens with zero attached hydrogens (tertiary/aromatic N) is 3. The highest BCUT2D eigenvalue weighted by Gasteiger charge is 2.35. The van der Waals surface area contributed by atoms with Gasteiger partial charge in [0.2, 0.25) is 0 Å². The molecule has 0 bridgehead atoms. The molecule has 4 heteroatoms. The summed E-state index contributed by atoms with van der Waals surface area (Å²) in [4.78, 5) is 10.9. The Morgan fingerprint density at radius 1 is 1.33 bits per heavy atom. The lowest BCUT2D eigenvalue weighted by Crippen LogP contribution is -2.49. The van der Waals surface area contributed by atoms with E-state index < -0.39 is 0 Å². The standard InChI is InChI=1S/C14H24N4/c1-12-16-9-6-13(17-12)10-15-11-14(18(2)3)7-4-5-8-14/h6,9,15H,4-5,7-8,10-11H2,1-3H3. The normalized spacial score (nSPS) is 18.4. The maximum atomic E-state index is 4.42. The smallest absolute Gasteiger partial charge is 0.125 e. The van der Waals surface area contributed by atoms with Crippen LogP contribution in [0.5, 0.6) is 0 Å². The lowest BCUT2D eigenvalue weighted by atomic mass is 9.96. The molecule has 1 aliphatic carbocycles. The van der Waals surface area contributed by atoms with Gasteiger partial charge < -0.3 is 10.2 Å². The molecule has 0 radical (unpaired) electrons. The van der Waals surface area contributed by atoms with Crippen molar-refractivity contribution in [2.75, 3.05) is 20.6 Å². The maximum Gasteiger partial charge on any atom is 0.125 e. The van der Waals surface area contributed by atoms with Crippen molar-refractivity contribution in [2.45, 2.75) is 44.7 Å². The predicted octanol–water partition coefficient (Wildman–Crippen LogP) is 1.75. The molecule has 0 unspecified atom stereocenters. The summed E-state index contributed by atoms with van der Waals surface area (Å²) in [7, 11) is 4.39. The Morgan fingerprint density at radius 3 is 2.67 bits per heavy atom. The molecule has 0 spiro atoms. The van der Waals surface area contributed by atoms with Gasteiger partial charge in [0.25, 0.3) is 0 Å². The summed E-state index contributed by atoms with van der Waals surface area (Å²) >= 11 is 0. The molecule has 1 aromatic rings. The molecule has 1 heterocycles. The van der Waals surface area contributed by atoms with Gasteiger partial charge in [0.1, 0.15) is 5.82 Å². The molecule has 0 atom stereocenters. The monoisotopic (exact) mass is 248 g/mol. The van der Waals surface area contributed by atoms with Crippen molar-refractivity contribution >= 4 is 0 Å². The average molecular weight is 248 g/mol. The molecule has 1 aromatic heterocycles. The van der Waals surface area contributed by atoms with Crippen molar-refractivity contribution < 1.29 is 0 Å². The van der Waals surface area contributed by atoms with Crippen LogP contribution in [0.15, 0.2) is 12.3 Å². The molecule has 1 aliphatic rings. The minimum Gasteiger partial charge on any atom is -0.309 e. The Balaban J connectivity index is 1.87. The lowest BCUT2D eigenvalue weighted by Gasteiger charge is -2.36. The van der Waals surface area contributed by atoms with Crippen LogP contribution in [0.2, 0.25) is 0 Å². The van der Waals surface area contributed by atoms with Gasteiger partial charge in [-0.05, 0) is 39.9 Å². The molecule has 0 aliphatic heterocycles. The minimum absolute atomic E-state index is 0.349. The van der Waals surface area contributed by atoms with Gasteiger partial charge in [0, 0.05) is 24.8 Å². The molecule has 1 saturated carbocycles. The number of aryl methyl sites for hydroxylation is 1. The van der Waals surface area contributed by atoms with Gasteiger partial charge in [-0.3, -0.25) is 0 Å². The Morgan fingerprint density at radius 2 is 2.06 bits per heavy atom. The first-order chi connectivity index (χ1) is 8.62. The van der Waals surface area contributed by atoms with Crippen LogP contribution in [0, 0.1) is 6.92 Å². The van der Waals surface area contributed by atoms with Crippen molar-refractivity contribution in [1.82, 2.24) is 20.2 Å². The zero-order chi connectivity index (χ0) is 13.0. The maximum absolute atomic E-state index is 4.42. The number of rotatable bonds is 5. The quantitative estimate of drug-likeness (QED) is 0.862. The summed E-state index contributed by atoms with van der Waals surface area (Å²) in [6, 6.07) is 1.98. The molecule has 1 fully saturated rings. The van der Waals surface area contributed by atoms with Crippen molar-refractivity contribution in [3.8, 4) is 0 Å². The van der Waals surface area contributed by atoms with E-state index in [1.54, 1.807) is 0 Å². The first-order valence-electron chi connectivity index (χ1n) is 6.79. The lowest BCUT2D eigenvalue weighted by molar-refractivity contribution is 0.153. The van der Waals surface area contributed by atoms with Gasteiger partial charge >= 0.3 is 0 Å². The fourth-order valence-corrected chi connectivity index (χ4v) is 2.84. The summed E-state index contributed by atoms with van der Waals surface area (Å²) < 4.78 is 0. The van der Waals surface area contributed by atoms with Crippen LogP contribution in [0.1, 0.15) is 37.2 Å². The summed E-state index contributed by atoms with van der Waals surface area (Å²) in [5.74, 6) is 0.845. The molecule has 0 saturated heterocycles. The van der Waals surface area contributed by atoms with E-state index >= 15 is 0 Å². The van der Waals surface area contributed by atoms with Gasteiger partial charge in [-0.1, -0.05) is 12.8 Å². The molecule has 0 amide bonds. The Kier molecular flexibility index (Phi) is 4.30. The van der Waals surface area contributed by atoms with E-state index in [1.807, 2.05) is 19.2 Å².